The summed E-state index contributed by atoms with van der Waals surface area (Å²) in [5.41, 5.74) is 0.935. The molecule has 7 heteroatoms. The smallest absolute Gasteiger partial charge is 0.277 e. The van der Waals surface area contributed by atoms with E-state index in [-0.39, 0.29) is 24.2 Å². The van der Waals surface area contributed by atoms with E-state index in [0.29, 0.717) is 11.1 Å². The Morgan fingerprint density at radius 3 is 2.67 bits per heavy atom. The van der Waals surface area contributed by atoms with E-state index in [0.717, 1.165) is 0 Å². The number of hydrogen-bond acceptors (Lipinski definition) is 5. The van der Waals surface area contributed by atoms with Crippen molar-refractivity contribution in [2.75, 3.05) is 6.54 Å². The molecule has 3 rings (SSSR count). The van der Waals surface area contributed by atoms with Gasteiger partial charge in [-0.2, -0.15) is 0 Å². The molecule has 1 fully saturated rings. The predicted molar refractivity (Wildman–Crippen MR) is 84.9 cm³/mol. The minimum Gasteiger partial charge on any atom is -0.342 e. The first-order valence-electron chi connectivity index (χ1n) is 7.48. The molecule has 0 unspecified atom stereocenters. The van der Waals surface area contributed by atoms with E-state index < -0.39 is 11.2 Å². The normalized spacial score (nSPS) is 20.6. The first-order chi connectivity index (χ1) is 11.5. The Kier molecular flexibility index (Phi) is 4.54. The maximum atomic E-state index is 12.5. The monoisotopic (exact) mass is 328 g/mol. The fourth-order valence-corrected chi connectivity index (χ4v) is 2.45. The number of ether oxygens (including phenoxy) is 1. The number of benzene rings is 2. The lowest BCUT2D eigenvalue weighted by Gasteiger charge is -2.35. The van der Waals surface area contributed by atoms with Gasteiger partial charge in [0.1, 0.15) is 0 Å². The Balaban J connectivity index is 1.82. The van der Waals surface area contributed by atoms with Gasteiger partial charge in [0.15, 0.2) is 0 Å². The summed E-state index contributed by atoms with van der Waals surface area (Å²) in [6.07, 6.45) is -1.14. The molecule has 124 valence electrons. The number of carbonyl (C=O) groups is 1. The summed E-state index contributed by atoms with van der Waals surface area (Å²) in [5.74, 6) is -0.277. The molecule has 2 atom stereocenters. The Morgan fingerprint density at radius 1 is 1.21 bits per heavy atom. The van der Waals surface area contributed by atoms with Crippen LogP contribution in [0.2, 0.25) is 0 Å². The molecule has 2 aromatic rings. The second-order valence-corrected chi connectivity index (χ2v) is 5.47. The number of amides is 1. The molecular weight excluding hydrogens is 312 g/mol. The molecule has 0 aromatic heterocycles. The zero-order valence-electron chi connectivity index (χ0n) is 13.0. The highest BCUT2D eigenvalue weighted by molar-refractivity contribution is 5.93. The second-order valence-electron chi connectivity index (χ2n) is 5.47. The molecule has 0 N–H and O–H groups in total. The first kappa shape index (κ1) is 16.1. The van der Waals surface area contributed by atoms with Crippen molar-refractivity contribution in [1.29, 1.82) is 0 Å². The van der Waals surface area contributed by atoms with Crippen molar-refractivity contribution in [3.05, 3.63) is 75.8 Å². The summed E-state index contributed by atoms with van der Waals surface area (Å²) < 4.78 is 5.68. The zero-order valence-corrected chi connectivity index (χ0v) is 13.0. The predicted octanol–water partition coefficient (Wildman–Crippen LogP) is 3.09. The zero-order chi connectivity index (χ0) is 17.1. The SMILES string of the molecule is C[C@H]1CN(C(=O)c2ccccc2)O[C@@H](c2cccc([N+](=O)[O-])c2)O1. The van der Waals surface area contributed by atoms with Crippen LogP contribution in [-0.4, -0.2) is 28.5 Å². The lowest BCUT2D eigenvalue weighted by molar-refractivity contribution is -0.385. The van der Waals surface area contributed by atoms with Crippen LogP contribution in [0.1, 0.15) is 29.1 Å². The minimum atomic E-state index is -0.874. The molecule has 0 bridgehead atoms. The average molecular weight is 328 g/mol. The molecule has 1 heterocycles. The third kappa shape index (κ3) is 3.42. The molecule has 1 amide bonds. The Hall–Kier alpha value is -2.77. The molecule has 1 aliphatic heterocycles. The molecular formula is C17H16N2O5. The van der Waals surface area contributed by atoms with Crippen molar-refractivity contribution in [3.63, 3.8) is 0 Å². The summed E-state index contributed by atoms with van der Waals surface area (Å²) in [7, 11) is 0. The van der Waals surface area contributed by atoms with Crippen LogP contribution in [0, 0.1) is 10.1 Å². The topological polar surface area (TPSA) is 81.9 Å². The molecule has 1 saturated heterocycles. The van der Waals surface area contributed by atoms with Gasteiger partial charge in [0.05, 0.1) is 17.6 Å². The molecule has 0 saturated carbocycles. The van der Waals surface area contributed by atoms with Gasteiger partial charge in [-0.1, -0.05) is 30.3 Å². The Labute approximate surface area is 138 Å². The number of nitro benzene ring substituents is 1. The van der Waals surface area contributed by atoms with Crippen molar-refractivity contribution >= 4 is 11.6 Å². The van der Waals surface area contributed by atoms with Gasteiger partial charge in [-0.15, -0.1) is 0 Å². The molecule has 2 aromatic carbocycles. The van der Waals surface area contributed by atoms with Crippen LogP contribution < -0.4 is 0 Å². The van der Waals surface area contributed by atoms with Crippen LogP contribution in [0.4, 0.5) is 5.69 Å². The van der Waals surface area contributed by atoms with Crippen LogP contribution in [0.3, 0.4) is 0 Å². The lowest BCUT2D eigenvalue weighted by Crippen LogP contribution is -2.44. The molecule has 0 aliphatic carbocycles. The lowest BCUT2D eigenvalue weighted by atomic mass is 10.2. The van der Waals surface area contributed by atoms with Gasteiger partial charge < -0.3 is 4.74 Å². The van der Waals surface area contributed by atoms with Crippen LogP contribution in [0.5, 0.6) is 0 Å². The fraction of sp³-hybridized carbons (Fsp3) is 0.235. The molecule has 1 aliphatic rings. The number of nitro groups is 1. The van der Waals surface area contributed by atoms with Gasteiger partial charge >= 0.3 is 0 Å². The van der Waals surface area contributed by atoms with E-state index in [1.807, 2.05) is 13.0 Å². The van der Waals surface area contributed by atoms with Crippen LogP contribution in [0.25, 0.3) is 0 Å². The molecule has 0 spiro atoms. The largest absolute Gasteiger partial charge is 0.342 e. The number of nitrogens with zero attached hydrogens (tertiary/aromatic N) is 2. The van der Waals surface area contributed by atoms with E-state index in [2.05, 4.69) is 0 Å². The van der Waals surface area contributed by atoms with Crippen molar-refractivity contribution in [2.24, 2.45) is 0 Å². The summed E-state index contributed by atoms with van der Waals surface area (Å²) in [6, 6.07) is 14.8. The fourth-order valence-electron chi connectivity index (χ4n) is 2.45. The quantitative estimate of drug-likeness (QED) is 0.639. The van der Waals surface area contributed by atoms with Gasteiger partial charge in [0.25, 0.3) is 11.6 Å². The highest BCUT2D eigenvalue weighted by atomic mass is 16.8. The second kappa shape index (κ2) is 6.77. The van der Waals surface area contributed by atoms with Crippen molar-refractivity contribution in [3.8, 4) is 0 Å². The standard InChI is InChI=1S/C17H16N2O5/c1-12-11-18(16(20)13-6-3-2-4-7-13)24-17(23-12)14-8-5-9-15(10-14)19(21)22/h2-10,12,17H,11H2,1H3/t12-,17-/m0/s1. The highest BCUT2D eigenvalue weighted by Gasteiger charge is 2.31. The Morgan fingerprint density at radius 2 is 1.96 bits per heavy atom. The van der Waals surface area contributed by atoms with E-state index >= 15 is 0 Å². The number of carbonyl (C=O) groups excluding carboxylic acids is 1. The van der Waals surface area contributed by atoms with E-state index in [1.54, 1.807) is 36.4 Å². The molecule has 7 nitrogen and oxygen atoms in total. The van der Waals surface area contributed by atoms with E-state index in [4.69, 9.17) is 9.57 Å². The number of rotatable bonds is 3. The van der Waals surface area contributed by atoms with Crippen LogP contribution in [0.15, 0.2) is 54.6 Å². The van der Waals surface area contributed by atoms with Gasteiger partial charge in [-0.25, -0.2) is 9.90 Å². The number of non-ortho nitro benzene ring substituents is 1. The Bertz CT molecular complexity index is 750. The van der Waals surface area contributed by atoms with Crippen molar-refractivity contribution < 1.29 is 19.3 Å². The minimum absolute atomic E-state index is 0.0566. The van der Waals surface area contributed by atoms with Gasteiger partial charge in [0.2, 0.25) is 6.29 Å². The third-order valence-corrected chi connectivity index (χ3v) is 3.60. The molecule has 0 radical (unpaired) electrons. The van der Waals surface area contributed by atoms with Gasteiger partial charge in [-0.3, -0.25) is 14.9 Å². The molecule has 24 heavy (non-hydrogen) atoms. The van der Waals surface area contributed by atoms with Crippen molar-refractivity contribution in [1.82, 2.24) is 5.06 Å². The van der Waals surface area contributed by atoms with E-state index in [9.17, 15) is 14.9 Å². The maximum Gasteiger partial charge on any atom is 0.277 e. The summed E-state index contributed by atoms with van der Waals surface area (Å²) in [6.45, 7) is 2.09. The number of hydroxylamine groups is 2. The van der Waals surface area contributed by atoms with Crippen LogP contribution in [-0.2, 0) is 9.57 Å². The van der Waals surface area contributed by atoms with Crippen LogP contribution >= 0.6 is 0 Å². The summed E-state index contributed by atoms with van der Waals surface area (Å²) in [5, 5.41) is 12.2. The van der Waals surface area contributed by atoms with Gasteiger partial charge in [0, 0.05) is 23.3 Å². The van der Waals surface area contributed by atoms with Gasteiger partial charge in [-0.05, 0) is 19.1 Å². The van der Waals surface area contributed by atoms with Crippen molar-refractivity contribution in [2.45, 2.75) is 19.3 Å². The third-order valence-electron chi connectivity index (χ3n) is 3.60. The average Bonchev–Trinajstić information content (AvgIpc) is 2.61. The highest BCUT2D eigenvalue weighted by Crippen LogP contribution is 2.29. The first-order valence-corrected chi connectivity index (χ1v) is 7.48. The summed E-state index contributed by atoms with van der Waals surface area (Å²) >= 11 is 0. The van der Waals surface area contributed by atoms with E-state index in [1.165, 1.54) is 17.2 Å². The maximum absolute atomic E-state index is 12.5. The number of hydrogen-bond donors (Lipinski definition) is 0. The summed E-state index contributed by atoms with van der Waals surface area (Å²) in [4.78, 5) is 28.6.